The highest BCUT2D eigenvalue weighted by molar-refractivity contribution is 5.75. The first-order valence-electron chi connectivity index (χ1n) is 9.50. The van der Waals surface area contributed by atoms with Crippen molar-refractivity contribution in [2.75, 3.05) is 26.8 Å². The Morgan fingerprint density at radius 1 is 1.19 bits per heavy atom. The summed E-state index contributed by atoms with van der Waals surface area (Å²) < 4.78 is 12.7. The van der Waals surface area contributed by atoms with Crippen molar-refractivity contribution in [1.29, 1.82) is 0 Å². The summed E-state index contributed by atoms with van der Waals surface area (Å²) in [4.78, 5) is 14.4. The zero-order valence-electron chi connectivity index (χ0n) is 16.3. The largest absolute Gasteiger partial charge is 0.497 e. The molecule has 1 amide bonds. The van der Waals surface area contributed by atoms with E-state index in [0.717, 1.165) is 43.1 Å². The number of hydrogen-bond donors (Lipinski definition) is 0. The van der Waals surface area contributed by atoms with Gasteiger partial charge in [-0.25, -0.2) is 4.68 Å². The molecule has 2 aromatic rings. The molecule has 1 aromatic heterocycles. The minimum Gasteiger partial charge on any atom is -0.497 e. The number of piperidine rings is 1. The fourth-order valence-corrected chi connectivity index (χ4v) is 3.13. The van der Waals surface area contributed by atoms with E-state index in [4.69, 9.17) is 9.47 Å². The van der Waals surface area contributed by atoms with Gasteiger partial charge in [-0.3, -0.25) is 4.79 Å². The maximum atomic E-state index is 12.5. The molecular weight excluding hydrogens is 344 g/mol. The molecule has 1 aliphatic rings. The van der Waals surface area contributed by atoms with Gasteiger partial charge in [-0.2, -0.15) is 0 Å². The molecule has 0 bridgehead atoms. The maximum Gasteiger partial charge on any atom is 0.244 e. The van der Waals surface area contributed by atoms with Gasteiger partial charge in [-0.15, -0.1) is 5.10 Å². The Bertz CT molecular complexity index is 734. The van der Waals surface area contributed by atoms with Crippen LogP contribution in [-0.2, 0) is 11.3 Å². The molecule has 1 fully saturated rings. The standard InChI is InChI=1S/C20H28N4O3/c1-15(2)19-12-24(22-21-19)13-20(25)23-10-8-16(9-11-23)14-27-18-6-4-17(26-3)5-7-18/h4-7,12,15-16H,8-11,13-14H2,1-3H3. The summed E-state index contributed by atoms with van der Waals surface area (Å²) in [7, 11) is 1.65. The molecule has 0 spiro atoms. The van der Waals surface area contributed by atoms with Crippen LogP contribution in [0.25, 0.3) is 0 Å². The van der Waals surface area contributed by atoms with Crippen LogP contribution < -0.4 is 9.47 Å². The lowest BCUT2D eigenvalue weighted by molar-refractivity contribution is -0.133. The average Bonchev–Trinajstić information content (AvgIpc) is 3.16. The zero-order chi connectivity index (χ0) is 19.2. The van der Waals surface area contributed by atoms with Crippen molar-refractivity contribution in [2.45, 2.75) is 39.2 Å². The molecule has 0 radical (unpaired) electrons. The molecule has 0 atom stereocenters. The van der Waals surface area contributed by atoms with Crippen LogP contribution in [0.2, 0.25) is 0 Å². The number of ether oxygens (including phenoxy) is 2. The fraction of sp³-hybridized carbons (Fsp3) is 0.550. The summed E-state index contributed by atoms with van der Waals surface area (Å²) in [5.74, 6) is 2.55. The van der Waals surface area contributed by atoms with Crippen LogP contribution in [0.15, 0.2) is 30.5 Å². The van der Waals surface area contributed by atoms with Gasteiger partial charge in [-0.1, -0.05) is 19.1 Å². The molecule has 7 heteroatoms. The Kier molecular flexibility index (Phi) is 6.32. The molecule has 2 heterocycles. The molecule has 0 saturated carbocycles. The predicted octanol–water partition coefficient (Wildman–Crippen LogP) is 2.73. The van der Waals surface area contributed by atoms with Gasteiger partial charge in [0.15, 0.2) is 0 Å². The first-order valence-corrected chi connectivity index (χ1v) is 9.50. The molecule has 0 aliphatic carbocycles. The quantitative estimate of drug-likeness (QED) is 0.747. The van der Waals surface area contributed by atoms with Crippen LogP contribution >= 0.6 is 0 Å². The maximum absolute atomic E-state index is 12.5. The summed E-state index contributed by atoms with van der Waals surface area (Å²) >= 11 is 0. The van der Waals surface area contributed by atoms with Crippen LogP contribution in [0.4, 0.5) is 0 Å². The first kappa shape index (κ1) is 19.2. The number of nitrogens with zero attached hydrogens (tertiary/aromatic N) is 4. The SMILES string of the molecule is COc1ccc(OCC2CCN(C(=O)Cn3cc(C(C)C)nn3)CC2)cc1. The van der Waals surface area contributed by atoms with Gasteiger partial charge in [0.1, 0.15) is 18.0 Å². The molecular formula is C20H28N4O3. The van der Waals surface area contributed by atoms with E-state index in [1.807, 2.05) is 35.4 Å². The number of carbonyl (C=O) groups excluding carboxylic acids is 1. The lowest BCUT2D eigenvalue weighted by Gasteiger charge is -2.31. The minimum atomic E-state index is 0.102. The highest BCUT2D eigenvalue weighted by Crippen LogP contribution is 2.21. The van der Waals surface area contributed by atoms with Crippen molar-refractivity contribution in [2.24, 2.45) is 5.92 Å². The third-order valence-electron chi connectivity index (χ3n) is 4.96. The van der Waals surface area contributed by atoms with Gasteiger partial charge in [0.2, 0.25) is 5.91 Å². The van der Waals surface area contributed by atoms with E-state index in [2.05, 4.69) is 24.2 Å². The van der Waals surface area contributed by atoms with E-state index < -0.39 is 0 Å². The van der Waals surface area contributed by atoms with Crippen molar-refractivity contribution >= 4 is 5.91 Å². The van der Waals surface area contributed by atoms with E-state index in [9.17, 15) is 4.79 Å². The van der Waals surface area contributed by atoms with Crippen LogP contribution in [-0.4, -0.2) is 52.6 Å². The number of rotatable bonds is 7. The predicted molar refractivity (Wildman–Crippen MR) is 102 cm³/mol. The molecule has 7 nitrogen and oxygen atoms in total. The van der Waals surface area contributed by atoms with E-state index in [1.54, 1.807) is 11.8 Å². The van der Waals surface area contributed by atoms with Gasteiger partial charge >= 0.3 is 0 Å². The first-order chi connectivity index (χ1) is 13.0. The lowest BCUT2D eigenvalue weighted by Crippen LogP contribution is -2.41. The second-order valence-corrected chi connectivity index (χ2v) is 7.31. The lowest BCUT2D eigenvalue weighted by atomic mass is 9.98. The van der Waals surface area contributed by atoms with Crippen LogP contribution in [0.3, 0.4) is 0 Å². The fourth-order valence-electron chi connectivity index (χ4n) is 3.13. The summed E-state index contributed by atoms with van der Waals surface area (Å²) in [6, 6.07) is 7.62. The Hall–Kier alpha value is -2.57. The molecule has 1 aliphatic heterocycles. The van der Waals surface area contributed by atoms with Crippen molar-refractivity contribution in [3.05, 3.63) is 36.2 Å². The second-order valence-electron chi connectivity index (χ2n) is 7.31. The molecule has 1 saturated heterocycles. The summed E-state index contributed by atoms with van der Waals surface area (Å²) in [6.07, 6.45) is 3.77. The number of aromatic nitrogens is 3. The second kappa shape index (κ2) is 8.88. The Balaban J connectivity index is 1.41. The van der Waals surface area contributed by atoms with Crippen LogP contribution in [0.5, 0.6) is 11.5 Å². The number of hydrogen-bond acceptors (Lipinski definition) is 5. The summed E-state index contributed by atoms with van der Waals surface area (Å²) in [6.45, 7) is 6.59. The van der Waals surface area contributed by atoms with Crippen molar-refractivity contribution in [3.8, 4) is 11.5 Å². The number of benzene rings is 1. The molecule has 3 rings (SSSR count). The van der Waals surface area contributed by atoms with E-state index in [1.165, 1.54) is 0 Å². The molecule has 0 N–H and O–H groups in total. The van der Waals surface area contributed by atoms with Gasteiger partial charge in [-0.05, 0) is 48.9 Å². The average molecular weight is 372 g/mol. The smallest absolute Gasteiger partial charge is 0.244 e. The van der Waals surface area contributed by atoms with Gasteiger partial charge in [0.05, 0.1) is 19.4 Å². The van der Waals surface area contributed by atoms with Crippen LogP contribution in [0.1, 0.15) is 38.3 Å². The van der Waals surface area contributed by atoms with Crippen molar-refractivity contribution in [1.82, 2.24) is 19.9 Å². The van der Waals surface area contributed by atoms with E-state index >= 15 is 0 Å². The minimum absolute atomic E-state index is 0.102. The van der Waals surface area contributed by atoms with E-state index in [0.29, 0.717) is 18.4 Å². The van der Waals surface area contributed by atoms with Gasteiger partial charge in [0, 0.05) is 19.3 Å². The van der Waals surface area contributed by atoms with E-state index in [-0.39, 0.29) is 12.5 Å². The number of carbonyl (C=O) groups is 1. The Morgan fingerprint density at radius 3 is 2.44 bits per heavy atom. The number of likely N-dealkylation sites (tertiary alicyclic amines) is 1. The van der Waals surface area contributed by atoms with Crippen molar-refractivity contribution < 1.29 is 14.3 Å². The Morgan fingerprint density at radius 2 is 1.85 bits per heavy atom. The summed E-state index contributed by atoms with van der Waals surface area (Å²) in [5, 5.41) is 8.16. The number of amides is 1. The summed E-state index contributed by atoms with van der Waals surface area (Å²) in [5.41, 5.74) is 0.914. The van der Waals surface area contributed by atoms with Crippen LogP contribution in [0, 0.1) is 5.92 Å². The van der Waals surface area contributed by atoms with Gasteiger partial charge in [0.25, 0.3) is 0 Å². The highest BCUT2D eigenvalue weighted by atomic mass is 16.5. The zero-order valence-corrected chi connectivity index (χ0v) is 16.3. The normalized spacial score (nSPS) is 15.2. The third kappa shape index (κ3) is 5.21. The topological polar surface area (TPSA) is 69.5 Å². The highest BCUT2D eigenvalue weighted by Gasteiger charge is 2.23. The van der Waals surface area contributed by atoms with Gasteiger partial charge < -0.3 is 14.4 Å². The Labute approximate surface area is 160 Å². The number of methoxy groups -OCH3 is 1. The molecule has 27 heavy (non-hydrogen) atoms. The third-order valence-corrected chi connectivity index (χ3v) is 4.96. The molecule has 0 unspecified atom stereocenters. The monoisotopic (exact) mass is 372 g/mol. The molecule has 146 valence electrons. The van der Waals surface area contributed by atoms with Crippen molar-refractivity contribution in [3.63, 3.8) is 0 Å². The molecule has 1 aromatic carbocycles.